The van der Waals surface area contributed by atoms with Crippen LogP contribution in [0.2, 0.25) is 0 Å². The van der Waals surface area contributed by atoms with Gasteiger partial charge in [0, 0.05) is 6.42 Å². The summed E-state index contributed by atoms with van der Waals surface area (Å²) in [7, 11) is 0. The molecule has 0 heterocycles. The molecule has 0 radical (unpaired) electrons. The highest BCUT2D eigenvalue weighted by Gasteiger charge is 2.16. The molecule has 1 saturated carbocycles. The van der Waals surface area contributed by atoms with E-state index in [1.54, 1.807) is 6.92 Å². The van der Waals surface area contributed by atoms with Gasteiger partial charge in [-0.2, -0.15) is 0 Å². The third-order valence-electron chi connectivity index (χ3n) is 3.26. The minimum atomic E-state index is 0.239. The van der Waals surface area contributed by atoms with Crippen LogP contribution in [0, 0.1) is 0 Å². The lowest BCUT2D eigenvalue weighted by Crippen LogP contribution is -1.97. The quantitative estimate of drug-likeness (QED) is 0.733. The van der Waals surface area contributed by atoms with Crippen LogP contribution in [0.25, 0.3) is 0 Å². The van der Waals surface area contributed by atoms with Crippen LogP contribution in [0.1, 0.15) is 49.7 Å². The maximum atomic E-state index is 11.0. The second kappa shape index (κ2) is 4.61. The Morgan fingerprint density at radius 1 is 1.20 bits per heavy atom. The first-order valence-corrected chi connectivity index (χ1v) is 5.84. The summed E-state index contributed by atoms with van der Waals surface area (Å²) in [6.07, 6.45) is 6.00. The average molecular weight is 202 g/mol. The fourth-order valence-electron chi connectivity index (χ4n) is 2.45. The van der Waals surface area contributed by atoms with Gasteiger partial charge in [0.1, 0.15) is 5.78 Å². The summed E-state index contributed by atoms with van der Waals surface area (Å²) in [4.78, 5) is 11.0. The predicted molar refractivity (Wildman–Crippen MR) is 62.0 cm³/mol. The van der Waals surface area contributed by atoms with Crippen molar-refractivity contribution in [1.82, 2.24) is 0 Å². The highest BCUT2D eigenvalue weighted by molar-refractivity contribution is 5.78. The maximum Gasteiger partial charge on any atom is 0.134 e. The third kappa shape index (κ3) is 2.68. The third-order valence-corrected chi connectivity index (χ3v) is 3.26. The molecule has 0 spiro atoms. The largest absolute Gasteiger partial charge is 0.300 e. The second-order valence-electron chi connectivity index (χ2n) is 4.60. The van der Waals surface area contributed by atoms with E-state index in [-0.39, 0.29) is 5.78 Å². The van der Waals surface area contributed by atoms with E-state index in [9.17, 15) is 4.79 Å². The Labute approximate surface area is 91.5 Å². The van der Waals surface area contributed by atoms with Crippen molar-refractivity contribution in [3.05, 3.63) is 35.4 Å². The van der Waals surface area contributed by atoms with Gasteiger partial charge in [-0.1, -0.05) is 37.1 Å². The fourth-order valence-corrected chi connectivity index (χ4v) is 2.45. The summed E-state index contributed by atoms with van der Waals surface area (Å²) < 4.78 is 0. The van der Waals surface area contributed by atoms with Gasteiger partial charge in [-0.05, 0) is 36.8 Å². The zero-order valence-electron chi connectivity index (χ0n) is 9.33. The molecular weight excluding hydrogens is 184 g/mol. The number of carbonyl (C=O) groups excluding carboxylic acids is 1. The van der Waals surface area contributed by atoms with E-state index in [4.69, 9.17) is 0 Å². The zero-order chi connectivity index (χ0) is 10.7. The van der Waals surface area contributed by atoms with E-state index in [2.05, 4.69) is 24.3 Å². The molecule has 0 amide bonds. The number of hydrogen-bond donors (Lipinski definition) is 0. The highest BCUT2D eigenvalue weighted by atomic mass is 16.1. The molecule has 1 heteroatoms. The number of hydrogen-bond acceptors (Lipinski definition) is 1. The molecular formula is C14H18O. The van der Waals surface area contributed by atoms with Crippen molar-refractivity contribution in [3.8, 4) is 0 Å². The second-order valence-corrected chi connectivity index (χ2v) is 4.60. The number of rotatable bonds is 3. The van der Waals surface area contributed by atoms with Crippen molar-refractivity contribution in [2.75, 3.05) is 0 Å². The fraction of sp³-hybridized carbons (Fsp3) is 0.500. The Balaban J connectivity index is 2.06. The van der Waals surface area contributed by atoms with Crippen LogP contribution in [0.15, 0.2) is 24.3 Å². The first kappa shape index (κ1) is 10.4. The topological polar surface area (TPSA) is 17.1 Å². The summed E-state index contributed by atoms with van der Waals surface area (Å²) >= 11 is 0. The van der Waals surface area contributed by atoms with Crippen LogP contribution in [0.3, 0.4) is 0 Å². The average Bonchev–Trinajstić information content (AvgIpc) is 2.71. The maximum absolute atomic E-state index is 11.0. The van der Waals surface area contributed by atoms with Crippen LogP contribution in [-0.2, 0) is 11.2 Å². The molecule has 1 aliphatic carbocycles. The molecule has 0 unspecified atom stereocenters. The van der Waals surface area contributed by atoms with Gasteiger partial charge < -0.3 is 0 Å². The van der Waals surface area contributed by atoms with Gasteiger partial charge in [0.2, 0.25) is 0 Å². The van der Waals surface area contributed by atoms with E-state index < -0.39 is 0 Å². The van der Waals surface area contributed by atoms with Crippen molar-refractivity contribution in [1.29, 1.82) is 0 Å². The molecule has 0 atom stereocenters. The molecule has 0 N–H and O–H groups in total. The molecule has 1 aromatic rings. The first-order chi connectivity index (χ1) is 7.25. The van der Waals surface area contributed by atoms with Crippen LogP contribution in [-0.4, -0.2) is 5.78 Å². The van der Waals surface area contributed by atoms with Crippen LogP contribution >= 0.6 is 0 Å². The molecule has 15 heavy (non-hydrogen) atoms. The monoisotopic (exact) mass is 202 g/mol. The summed E-state index contributed by atoms with van der Waals surface area (Å²) in [5.41, 5.74) is 2.60. The Bertz CT molecular complexity index is 331. The predicted octanol–water partition coefficient (Wildman–Crippen LogP) is 3.48. The van der Waals surface area contributed by atoms with Gasteiger partial charge in [-0.15, -0.1) is 0 Å². The van der Waals surface area contributed by atoms with E-state index >= 15 is 0 Å². The van der Waals surface area contributed by atoms with Crippen LogP contribution in [0.5, 0.6) is 0 Å². The lowest BCUT2D eigenvalue weighted by Gasteiger charge is -2.09. The van der Waals surface area contributed by atoms with Gasteiger partial charge >= 0.3 is 0 Å². The summed E-state index contributed by atoms with van der Waals surface area (Å²) in [5.74, 6) is 1.01. The standard InChI is InChI=1S/C14H18O/c1-11(15)10-12-6-8-14(9-7-12)13-4-2-3-5-13/h6-9,13H,2-5,10H2,1H3. The van der Waals surface area contributed by atoms with Gasteiger partial charge in [-0.3, -0.25) is 4.79 Å². The zero-order valence-corrected chi connectivity index (χ0v) is 9.33. The number of ketones is 1. The minimum Gasteiger partial charge on any atom is -0.300 e. The molecule has 0 bridgehead atoms. The first-order valence-electron chi connectivity index (χ1n) is 5.84. The Morgan fingerprint density at radius 2 is 1.80 bits per heavy atom. The number of carbonyl (C=O) groups is 1. The highest BCUT2D eigenvalue weighted by Crippen LogP contribution is 2.33. The molecule has 80 valence electrons. The molecule has 1 fully saturated rings. The number of benzene rings is 1. The van der Waals surface area contributed by atoms with Gasteiger partial charge in [-0.25, -0.2) is 0 Å². The summed E-state index contributed by atoms with van der Waals surface area (Å²) in [6, 6.07) is 8.62. The molecule has 0 saturated heterocycles. The molecule has 1 nitrogen and oxygen atoms in total. The minimum absolute atomic E-state index is 0.239. The van der Waals surface area contributed by atoms with E-state index in [0.29, 0.717) is 6.42 Å². The molecule has 0 aromatic heterocycles. The van der Waals surface area contributed by atoms with Gasteiger partial charge in [0.15, 0.2) is 0 Å². The molecule has 0 aliphatic heterocycles. The lowest BCUT2D eigenvalue weighted by molar-refractivity contribution is -0.116. The van der Waals surface area contributed by atoms with Crippen molar-refractivity contribution in [2.45, 2.75) is 44.9 Å². The molecule has 1 aromatic carbocycles. The molecule has 1 aliphatic rings. The van der Waals surface area contributed by atoms with E-state index in [1.165, 1.54) is 31.2 Å². The number of Topliss-reactive ketones (excluding diaryl/α,β-unsaturated/α-hetero) is 1. The van der Waals surface area contributed by atoms with E-state index in [0.717, 1.165) is 11.5 Å². The smallest absolute Gasteiger partial charge is 0.134 e. The summed E-state index contributed by atoms with van der Waals surface area (Å²) in [6.45, 7) is 1.64. The van der Waals surface area contributed by atoms with Crippen molar-refractivity contribution in [2.24, 2.45) is 0 Å². The Hall–Kier alpha value is -1.11. The Morgan fingerprint density at radius 3 is 2.33 bits per heavy atom. The van der Waals surface area contributed by atoms with E-state index in [1.807, 2.05) is 0 Å². The van der Waals surface area contributed by atoms with Crippen molar-refractivity contribution in [3.63, 3.8) is 0 Å². The lowest BCUT2D eigenvalue weighted by atomic mass is 9.96. The Kier molecular flexibility index (Phi) is 3.20. The van der Waals surface area contributed by atoms with Gasteiger partial charge in [0.25, 0.3) is 0 Å². The van der Waals surface area contributed by atoms with Crippen molar-refractivity contribution >= 4 is 5.78 Å². The normalized spacial score (nSPS) is 16.9. The SMILES string of the molecule is CC(=O)Cc1ccc(C2CCCC2)cc1. The molecule has 2 rings (SSSR count). The summed E-state index contributed by atoms with van der Waals surface area (Å²) in [5, 5.41) is 0. The van der Waals surface area contributed by atoms with Crippen molar-refractivity contribution < 1.29 is 4.79 Å². The van der Waals surface area contributed by atoms with Crippen LogP contribution < -0.4 is 0 Å². The van der Waals surface area contributed by atoms with Crippen LogP contribution in [0.4, 0.5) is 0 Å². The van der Waals surface area contributed by atoms with Gasteiger partial charge in [0.05, 0.1) is 0 Å².